The van der Waals surface area contributed by atoms with Crippen LogP contribution in [0.1, 0.15) is 257 Å². The van der Waals surface area contributed by atoms with Crippen LogP contribution in [0.25, 0.3) is 0 Å². The number of rotatable bonds is 14. The minimum absolute atomic E-state index is 0. The summed E-state index contributed by atoms with van der Waals surface area (Å²) in [5.41, 5.74) is 0. The normalized spacial score (nSPS) is 20.2. The number of aliphatic hydroxyl groups is 2. The van der Waals surface area contributed by atoms with Crippen LogP contribution in [0.4, 0.5) is 0 Å². The summed E-state index contributed by atoms with van der Waals surface area (Å²) >= 11 is 0. The van der Waals surface area contributed by atoms with Crippen LogP contribution in [0.2, 0.25) is 0 Å². The van der Waals surface area contributed by atoms with Gasteiger partial charge in [-0.2, -0.15) is 0 Å². The zero-order chi connectivity index (χ0) is 48.8. The van der Waals surface area contributed by atoms with Gasteiger partial charge in [0, 0.05) is 52.5 Å². The number of aliphatic carboxylic acids is 1. The summed E-state index contributed by atoms with van der Waals surface area (Å²) in [6.45, 7) is 9.67. The van der Waals surface area contributed by atoms with Gasteiger partial charge in [0.15, 0.2) is 0 Å². The summed E-state index contributed by atoms with van der Waals surface area (Å²) in [7, 11) is 0. The van der Waals surface area contributed by atoms with Crippen LogP contribution in [0.5, 0.6) is 0 Å². The molecule has 9 nitrogen and oxygen atoms in total. The van der Waals surface area contributed by atoms with Crippen molar-refractivity contribution >= 4 is 11.9 Å². The number of likely N-dealkylation sites (tertiary alicyclic amines) is 1. The van der Waals surface area contributed by atoms with E-state index in [9.17, 15) is 14.7 Å². The third-order valence-corrected chi connectivity index (χ3v) is 17.6. The molecule has 13 heteroatoms. The summed E-state index contributed by atoms with van der Waals surface area (Å²) in [6.07, 6.45) is 55.8. The summed E-state index contributed by atoms with van der Waals surface area (Å²) in [6, 6.07) is 0. The summed E-state index contributed by atoms with van der Waals surface area (Å²) in [4.78, 5) is 30.4. The first-order valence-electron chi connectivity index (χ1n) is 30.8. The minimum Gasteiger partial charge on any atom is -0.480 e. The van der Waals surface area contributed by atoms with Gasteiger partial charge in [0.05, 0.1) is 13.1 Å². The van der Waals surface area contributed by atoms with Crippen molar-refractivity contribution in [3.63, 3.8) is 0 Å². The number of hydrogen-bond donors (Lipinski definition) is 4. The molecule has 0 bridgehead atoms. The average Bonchev–Trinajstić information content (AvgIpc) is 4.22. The van der Waals surface area contributed by atoms with E-state index in [2.05, 4.69) is 15.1 Å². The van der Waals surface area contributed by atoms with Gasteiger partial charge in [0.2, 0.25) is 5.91 Å². The van der Waals surface area contributed by atoms with E-state index >= 15 is 0 Å². The Hall–Kier alpha value is 0.818. The smallest absolute Gasteiger partial charge is 0.480 e. The molecule has 8 saturated carbocycles. The van der Waals surface area contributed by atoms with Gasteiger partial charge in [-0.25, -0.2) is 0 Å². The number of nitrogens with one attached hydrogen (secondary N) is 1. The number of carboxylic acid groups (broad SMARTS) is 1. The number of aliphatic hydroxyl groups excluding tert-OH is 2. The molecule has 0 radical (unpaired) electrons. The molecule has 492 valence electrons. The first-order valence-corrected chi connectivity index (χ1v) is 30.8. The Labute approximate surface area is 551 Å². The molecule has 8 aliphatic carbocycles. The molecule has 0 aromatic rings. The topological polar surface area (TPSA) is 117 Å². The van der Waals surface area contributed by atoms with Gasteiger partial charge < -0.3 is 84.9 Å². The van der Waals surface area contributed by atoms with Gasteiger partial charge in [-0.1, -0.05) is 180 Å². The Morgan fingerprint density at radius 2 is 0.556 bits per heavy atom. The number of nitrogens with zero attached hydrogens (tertiary/aromatic N) is 3. The average molecular weight is 1320 g/mol. The number of carbonyl (C=O) groups is 2. The van der Waals surface area contributed by atoms with Gasteiger partial charge in [-0.3, -0.25) is 19.4 Å². The number of carboxylic acids is 1. The van der Waals surface area contributed by atoms with E-state index in [4.69, 9.17) is 10.2 Å². The van der Waals surface area contributed by atoms with Crippen molar-refractivity contribution in [2.45, 2.75) is 257 Å². The van der Waals surface area contributed by atoms with E-state index in [0.29, 0.717) is 30.9 Å². The largest absolute Gasteiger partial charge is 2.00 e. The number of hydrogen-bond acceptors (Lipinski definition) is 7. The van der Waals surface area contributed by atoms with E-state index in [0.717, 1.165) is 102 Å². The van der Waals surface area contributed by atoms with Crippen LogP contribution in [0.15, 0.2) is 0 Å². The zero-order valence-electron chi connectivity index (χ0n) is 54.6. The fraction of sp³-hybridized carbons (Fsp3) is 0.853. The maximum Gasteiger partial charge on any atom is 2.00 e. The predicted molar refractivity (Wildman–Crippen MR) is 341 cm³/mol. The van der Waals surface area contributed by atoms with Crippen LogP contribution in [-0.2, 0) is 77.9 Å². The molecule has 10 aliphatic rings. The Balaban J connectivity index is -0.000000114. The van der Waals surface area contributed by atoms with Crippen molar-refractivity contribution in [3.8, 4) is 0 Å². The Kier molecular flexibility index (Phi) is 85.0. The van der Waals surface area contributed by atoms with Crippen molar-refractivity contribution in [1.82, 2.24) is 20.0 Å². The standard InChI is InChI=1S/C20H36N2O2.C14H25NO2.C6H13NO.4C5H10.8CH3.4Fe/c23-16-19-9-11-22(12-10-19)20(24)15-21(13-17-5-1-2-6-17)14-18-7-3-4-8-18;16-14(17)11-15(9-12-5-1-2-6-12)10-13-7-3-4-8-13;8-5-6-1-3-7-4-2-6;4*1-2-4-5-3-1;;;;;;;;;;;;/h17-19,23H,1-16H2;12-13H,1-11H2,(H,16,17);6-8H,1-5H2;4*1-5H2;8*1H3;;;;/q;;;;;;;8*-1;4*+2. The minimum atomic E-state index is -0.666. The summed E-state index contributed by atoms with van der Waals surface area (Å²) < 4.78 is 0. The van der Waals surface area contributed by atoms with Crippen LogP contribution in [0.3, 0.4) is 0 Å². The van der Waals surface area contributed by atoms with Crippen LogP contribution in [-0.4, -0.2) is 121 Å². The molecule has 81 heavy (non-hydrogen) atoms. The molecule has 2 saturated heterocycles. The molecular weight excluding hydrogens is 1180 g/mol. The van der Waals surface area contributed by atoms with Crippen LogP contribution in [0, 0.1) is 94.9 Å². The molecule has 4 N–H and O–H groups in total. The first-order chi connectivity index (χ1) is 33.9. The van der Waals surface area contributed by atoms with Gasteiger partial charge >= 0.3 is 74.2 Å². The second kappa shape index (κ2) is 68.3. The number of piperidine rings is 2. The fourth-order valence-electron chi connectivity index (χ4n) is 13.1. The molecule has 0 unspecified atom stereocenters. The molecule has 0 aromatic heterocycles. The molecule has 2 aliphatic heterocycles. The Morgan fingerprint density at radius 3 is 0.765 bits per heavy atom. The molecule has 0 spiro atoms. The van der Waals surface area contributed by atoms with Crippen molar-refractivity contribution in [2.24, 2.45) is 35.5 Å². The summed E-state index contributed by atoms with van der Waals surface area (Å²) in [5, 5.41) is 30.2. The van der Waals surface area contributed by atoms with E-state index in [1.807, 2.05) is 4.90 Å². The van der Waals surface area contributed by atoms with E-state index in [-0.39, 0.29) is 141 Å². The zero-order valence-corrected chi connectivity index (χ0v) is 59.1. The van der Waals surface area contributed by atoms with Crippen molar-refractivity contribution in [1.29, 1.82) is 0 Å². The quantitative estimate of drug-likeness (QED) is 0.100. The predicted octanol–water partition coefficient (Wildman–Crippen LogP) is 17.0. The third-order valence-electron chi connectivity index (χ3n) is 17.6. The van der Waals surface area contributed by atoms with Crippen molar-refractivity contribution in [2.75, 3.05) is 78.7 Å². The number of carbonyl (C=O) groups excluding carboxylic acids is 1. The van der Waals surface area contributed by atoms with Crippen molar-refractivity contribution in [3.05, 3.63) is 59.4 Å². The molecule has 0 aromatic carbocycles. The van der Waals surface area contributed by atoms with E-state index in [1.165, 1.54) is 231 Å². The second-order valence-electron chi connectivity index (χ2n) is 23.8. The third kappa shape index (κ3) is 51.4. The molecule has 0 atom stereocenters. The molecular formula is C68H138Fe4N4O5. The maximum atomic E-state index is 12.8. The molecule has 10 fully saturated rings. The van der Waals surface area contributed by atoms with Gasteiger partial charge in [-0.15, -0.1) is 0 Å². The monoisotopic (exact) mass is 1310 g/mol. The SMILES string of the molecule is C1CCCC1.C1CCCC1.C1CCCC1.C1CCCC1.O=C(CN(CC1CCCC1)CC1CCCC1)N1CCC(CO)CC1.O=C(O)CN(CC1CCCC1)CC1CCCC1.OCC1CCNCC1.[CH3-].[CH3-].[CH3-].[CH3-].[CH3-].[CH3-].[CH3-].[CH3-].[Fe+2].[Fe+2].[Fe+2].[Fe+2]. The van der Waals surface area contributed by atoms with Crippen LogP contribution < -0.4 is 5.32 Å². The molecule has 2 heterocycles. The Bertz CT molecular complexity index is 1100. The maximum absolute atomic E-state index is 12.8. The summed E-state index contributed by atoms with van der Waals surface area (Å²) in [5.74, 6) is 3.80. The molecule has 10 rings (SSSR count). The van der Waals surface area contributed by atoms with Gasteiger partial charge in [0.25, 0.3) is 0 Å². The van der Waals surface area contributed by atoms with E-state index in [1.54, 1.807) is 0 Å². The second-order valence-corrected chi connectivity index (χ2v) is 23.8. The fourth-order valence-corrected chi connectivity index (χ4v) is 13.1. The van der Waals surface area contributed by atoms with Gasteiger partial charge in [-0.05, 0) is 126 Å². The van der Waals surface area contributed by atoms with Crippen LogP contribution >= 0.6 is 0 Å². The Morgan fingerprint density at radius 1 is 0.333 bits per heavy atom. The first kappa shape index (κ1) is 101. The van der Waals surface area contributed by atoms with Gasteiger partial charge in [0.1, 0.15) is 0 Å². The van der Waals surface area contributed by atoms with E-state index < -0.39 is 5.97 Å². The molecule has 1 amide bonds. The van der Waals surface area contributed by atoms with Crippen molar-refractivity contribution < 1.29 is 93.2 Å². The number of amides is 1.